The Balaban J connectivity index is 2.02. The maximum absolute atomic E-state index is 5.66. The highest BCUT2D eigenvalue weighted by atomic mass is 16.5. The lowest BCUT2D eigenvalue weighted by atomic mass is 10.2. The van der Waals surface area contributed by atoms with Crippen molar-refractivity contribution in [1.82, 2.24) is 19.7 Å². The number of fused-ring (bicyclic) bond motifs is 1. The second-order valence-electron chi connectivity index (χ2n) is 3.68. The maximum atomic E-state index is 5.66. The van der Waals surface area contributed by atoms with Crippen molar-refractivity contribution in [3.05, 3.63) is 18.6 Å². The van der Waals surface area contributed by atoms with Gasteiger partial charge in [0, 0.05) is 19.0 Å². The number of aromatic nitrogens is 4. The maximum Gasteiger partial charge on any atom is 0.179 e. The molecule has 1 aliphatic heterocycles. The van der Waals surface area contributed by atoms with Crippen LogP contribution in [0.4, 0.5) is 0 Å². The molecule has 0 radical (unpaired) electrons. The molecule has 2 aromatic heterocycles. The molecule has 0 saturated carbocycles. The molecule has 0 N–H and O–H groups in total. The zero-order valence-corrected chi connectivity index (χ0v) is 8.33. The van der Waals surface area contributed by atoms with Crippen LogP contribution in [0.15, 0.2) is 18.6 Å². The lowest BCUT2D eigenvalue weighted by Crippen LogP contribution is -2.19. The normalized spacial score (nSPS) is 22.0. The number of rotatable bonds is 1. The third kappa shape index (κ3) is 1.48. The Hall–Kier alpha value is -1.49. The Kier molecular flexibility index (Phi) is 2.10. The van der Waals surface area contributed by atoms with Crippen LogP contribution >= 0.6 is 0 Å². The van der Waals surface area contributed by atoms with Gasteiger partial charge in [0.15, 0.2) is 11.9 Å². The van der Waals surface area contributed by atoms with Gasteiger partial charge in [-0.05, 0) is 19.3 Å². The summed E-state index contributed by atoms with van der Waals surface area (Å²) in [4.78, 5) is 8.47. The molecule has 2 aromatic rings. The van der Waals surface area contributed by atoms with E-state index in [-0.39, 0.29) is 6.23 Å². The van der Waals surface area contributed by atoms with Crippen LogP contribution in [0.1, 0.15) is 25.5 Å². The third-order valence-electron chi connectivity index (χ3n) is 2.66. The summed E-state index contributed by atoms with van der Waals surface area (Å²) >= 11 is 0. The topological polar surface area (TPSA) is 52.8 Å². The molecule has 1 fully saturated rings. The first-order chi connectivity index (χ1) is 7.45. The van der Waals surface area contributed by atoms with Gasteiger partial charge in [0.2, 0.25) is 0 Å². The Morgan fingerprint density at radius 2 is 2.20 bits per heavy atom. The van der Waals surface area contributed by atoms with Crippen molar-refractivity contribution in [3.8, 4) is 0 Å². The molecular formula is C10H12N4O. The van der Waals surface area contributed by atoms with Gasteiger partial charge in [-0.3, -0.25) is 0 Å². The van der Waals surface area contributed by atoms with Crippen molar-refractivity contribution >= 4 is 11.2 Å². The predicted octanol–water partition coefficient (Wildman–Crippen LogP) is 1.53. The van der Waals surface area contributed by atoms with E-state index < -0.39 is 0 Å². The molecule has 0 spiro atoms. The minimum absolute atomic E-state index is 0.0351. The first kappa shape index (κ1) is 8.79. The molecule has 0 aromatic carbocycles. The molecule has 1 aliphatic rings. The van der Waals surface area contributed by atoms with E-state index in [9.17, 15) is 0 Å². The summed E-state index contributed by atoms with van der Waals surface area (Å²) in [5, 5.41) is 4.29. The summed E-state index contributed by atoms with van der Waals surface area (Å²) in [5.41, 5.74) is 1.64. The second kappa shape index (κ2) is 3.58. The largest absolute Gasteiger partial charge is 0.356 e. The van der Waals surface area contributed by atoms with Crippen molar-refractivity contribution in [3.63, 3.8) is 0 Å². The highest BCUT2D eigenvalue weighted by Crippen LogP contribution is 2.24. The summed E-state index contributed by atoms with van der Waals surface area (Å²) < 4.78 is 7.50. The Morgan fingerprint density at radius 3 is 3.07 bits per heavy atom. The number of hydrogen-bond donors (Lipinski definition) is 0. The molecule has 3 rings (SSSR count). The van der Waals surface area contributed by atoms with Crippen LogP contribution in [0.25, 0.3) is 11.2 Å². The van der Waals surface area contributed by atoms with E-state index in [0.717, 1.165) is 30.6 Å². The lowest BCUT2D eigenvalue weighted by molar-refractivity contribution is -0.0370. The van der Waals surface area contributed by atoms with Gasteiger partial charge in [0.1, 0.15) is 5.52 Å². The van der Waals surface area contributed by atoms with Crippen LogP contribution < -0.4 is 0 Å². The van der Waals surface area contributed by atoms with E-state index in [2.05, 4.69) is 15.1 Å². The van der Waals surface area contributed by atoms with Crippen LogP contribution in [0, 0.1) is 0 Å². The molecule has 1 saturated heterocycles. The SMILES string of the molecule is c1cnc2c(cnn2C2CCCCO2)n1. The minimum Gasteiger partial charge on any atom is -0.356 e. The smallest absolute Gasteiger partial charge is 0.179 e. The first-order valence-electron chi connectivity index (χ1n) is 5.21. The van der Waals surface area contributed by atoms with Gasteiger partial charge in [-0.1, -0.05) is 0 Å². The van der Waals surface area contributed by atoms with Gasteiger partial charge in [0.05, 0.1) is 6.20 Å². The van der Waals surface area contributed by atoms with Crippen LogP contribution in [0.2, 0.25) is 0 Å². The molecule has 5 heteroatoms. The average molecular weight is 204 g/mol. The molecule has 15 heavy (non-hydrogen) atoms. The van der Waals surface area contributed by atoms with Crippen molar-refractivity contribution in [2.45, 2.75) is 25.5 Å². The van der Waals surface area contributed by atoms with Crippen LogP contribution in [0.3, 0.4) is 0 Å². The van der Waals surface area contributed by atoms with Crippen LogP contribution in [-0.4, -0.2) is 26.4 Å². The number of ether oxygens (including phenoxy) is 1. The molecule has 1 atom stereocenters. The highest BCUT2D eigenvalue weighted by molar-refractivity contribution is 5.68. The van der Waals surface area contributed by atoms with Crippen molar-refractivity contribution in [1.29, 1.82) is 0 Å². The summed E-state index contributed by atoms with van der Waals surface area (Å²) in [7, 11) is 0. The zero-order valence-electron chi connectivity index (χ0n) is 8.33. The first-order valence-corrected chi connectivity index (χ1v) is 5.21. The average Bonchev–Trinajstić information content (AvgIpc) is 2.74. The van der Waals surface area contributed by atoms with Gasteiger partial charge in [0.25, 0.3) is 0 Å². The Morgan fingerprint density at radius 1 is 1.27 bits per heavy atom. The molecule has 78 valence electrons. The van der Waals surface area contributed by atoms with E-state index in [1.165, 1.54) is 6.42 Å². The van der Waals surface area contributed by atoms with Crippen molar-refractivity contribution < 1.29 is 4.74 Å². The zero-order chi connectivity index (χ0) is 10.1. The molecule has 0 aliphatic carbocycles. The molecular weight excluding hydrogens is 192 g/mol. The second-order valence-corrected chi connectivity index (χ2v) is 3.68. The molecule has 0 amide bonds. The summed E-state index contributed by atoms with van der Waals surface area (Å²) in [6.07, 6.45) is 8.47. The quantitative estimate of drug-likeness (QED) is 0.706. The van der Waals surface area contributed by atoms with E-state index >= 15 is 0 Å². The van der Waals surface area contributed by atoms with Gasteiger partial charge in [-0.25, -0.2) is 14.6 Å². The fraction of sp³-hybridized carbons (Fsp3) is 0.500. The fourth-order valence-corrected chi connectivity index (χ4v) is 1.91. The van der Waals surface area contributed by atoms with Crippen LogP contribution in [-0.2, 0) is 4.74 Å². The van der Waals surface area contributed by atoms with Gasteiger partial charge in [-0.15, -0.1) is 0 Å². The summed E-state index contributed by atoms with van der Waals surface area (Å²) in [6, 6.07) is 0. The molecule has 1 unspecified atom stereocenters. The van der Waals surface area contributed by atoms with Crippen LogP contribution in [0.5, 0.6) is 0 Å². The number of hydrogen-bond acceptors (Lipinski definition) is 4. The van der Waals surface area contributed by atoms with E-state index in [4.69, 9.17) is 4.74 Å². The summed E-state index contributed by atoms with van der Waals surface area (Å²) in [5.74, 6) is 0. The predicted molar refractivity (Wildman–Crippen MR) is 54.2 cm³/mol. The molecule has 5 nitrogen and oxygen atoms in total. The fourth-order valence-electron chi connectivity index (χ4n) is 1.91. The van der Waals surface area contributed by atoms with Crippen molar-refractivity contribution in [2.24, 2.45) is 0 Å². The van der Waals surface area contributed by atoms with E-state index in [1.807, 2.05) is 4.68 Å². The monoisotopic (exact) mass is 204 g/mol. The highest BCUT2D eigenvalue weighted by Gasteiger charge is 2.18. The number of nitrogens with zero attached hydrogens (tertiary/aromatic N) is 4. The standard InChI is InChI=1S/C10H12N4O/c1-2-6-15-9(3-1)14-10-8(7-13-14)11-4-5-12-10/h4-5,7,9H,1-3,6H2. The Labute approximate surface area is 87.1 Å². The van der Waals surface area contributed by atoms with Gasteiger partial charge >= 0.3 is 0 Å². The summed E-state index contributed by atoms with van der Waals surface area (Å²) in [6.45, 7) is 0.812. The molecule has 3 heterocycles. The van der Waals surface area contributed by atoms with E-state index in [0.29, 0.717) is 0 Å². The minimum atomic E-state index is 0.0351. The van der Waals surface area contributed by atoms with E-state index in [1.54, 1.807) is 18.6 Å². The third-order valence-corrected chi connectivity index (χ3v) is 2.66. The molecule has 0 bridgehead atoms. The lowest BCUT2D eigenvalue weighted by Gasteiger charge is -2.22. The van der Waals surface area contributed by atoms with Crippen molar-refractivity contribution in [2.75, 3.05) is 6.61 Å². The van der Waals surface area contributed by atoms with Gasteiger partial charge < -0.3 is 4.74 Å². The van der Waals surface area contributed by atoms with Gasteiger partial charge in [-0.2, -0.15) is 5.10 Å². The Bertz CT molecular complexity index is 461.